The number of ether oxygens (including phenoxy) is 2. The van der Waals surface area contributed by atoms with Crippen LogP contribution in [0, 0.1) is 0 Å². The molecule has 0 aliphatic rings. The molecule has 92 valence electrons. The first-order chi connectivity index (χ1) is 8.19. The lowest BCUT2D eigenvalue weighted by Crippen LogP contribution is -2.07. The van der Waals surface area contributed by atoms with Crippen molar-refractivity contribution in [3.8, 4) is 0 Å². The van der Waals surface area contributed by atoms with Crippen molar-refractivity contribution in [1.82, 2.24) is 9.97 Å². The lowest BCUT2D eigenvalue weighted by atomic mass is 10.4. The Morgan fingerprint density at radius 3 is 2.76 bits per heavy atom. The van der Waals surface area contributed by atoms with Crippen molar-refractivity contribution in [3.63, 3.8) is 0 Å². The Morgan fingerprint density at radius 2 is 2.12 bits per heavy atom. The van der Waals surface area contributed by atoms with E-state index in [0.29, 0.717) is 10.6 Å². The number of methoxy groups -OCH3 is 2. The number of hydrogen-bond donors (Lipinski definition) is 0. The van der Waals surface area contributed by atoms with E-state index in [0.717, 1.165) is 0 Å². The van der Waals surface area contributed by atoms with Crippen molar-refractivity contribution in [3.05, 3.63) is 18.2 Å². The molecule has 0 saturated heterocycles. The van der Waals surface area contributed by atoms with Crippen LogP contribution in [0.15, 0.2) is 17.4 Å². The Bertz CT molecular complexity index is 411. The zero-order chi connectivity index (χ0) is 12.7. The Kier molecular flexibility index (Phi) is 5.41. The average molecular weight is 256 g/mol. The molecule has 0 amide bonds. The van der Waals surface area contributed by atoms with Gasteiger partial charge in [0, 0.05) is 11.9 Å². The summed E-state index contributed by atoms with van der Waals surface area (Å²) in [5.41, 5.74) is 0.206. The molecule has 1 aromatic rings. The van der Waals surface area contributed by atoms with Gasteiger partial charge in [0.15, 0.2) is 5.69 Å². The van der Waals surface area contributed by atoms with Crippen LogP contribution in [0.4, 0.5) is 0 Å². The van der Waals surface area contributed by atoms with Gasteiger partial charge in [0.25, 0.3) is 0 Å². The lowest BCUT2D eigenvalue weighted by Gasteiger charge is -2.04. The van der Waals surface area contributed by atoms with Crippen molar-refractivity contribution < 1.29 is 19.1 Å². The largest absolute Gasteiger partial charge is 0.469 e. The summed E-state index contributed by atoms with van der Waals surface area (Å²) in [5, 5.41) is 0. The highest BCUT2D eigenvalue weighted by molar-refractivity contribution is 7.99. The molecule has 7 heteroatoms. The van der Waals surface area contributed by atoms with Gasteiger partial charge in [0.05, 0.1) is 25.5 Å². The molecule has 0 unspecified atom stereocenters. The average Bonchev–Trinajstić information content (AvgIpc) is 2.38. The van der Waals surface area contributed by atoms with Crippen molar-refractivity contribution >= 4 is 23.7 Å². The maximum Gasteiger partial charge on any atom is 0.357 e. The molecule has 0 atom stereocenters. The highest BCUT2D eigenvalue weighted by Crippen LogP contribution is 2.21. The maximum atomic E-state index is 11.4. The summed E-state index contributed by atoms with van der Waals surface area (Å²) in [5.74, 6) is -0.328. The van der Waals surface area contributed by atoms with Crippen LogP contribution < -0.4 is 0 Å². The molecule has 0 N–H and O–H groups in total. The van der Waals surface area contributed by atoms with Gasteiger partial charge < -0.3 is 9.47 Å². The lowest BCUT2D eigenvalue weighted by molar-refractivity contribution is -0.140. The number of thioether (sulfide) groups is 1. The Labute approximate surface area is 103 Å². The van der Waals surface area contributed by atoms with Crippen LogP contribution in [0.2, 0.25) is 0 Å². The molecule has 0 aliphatic heterocycles. The van der Waals surface area contributed by atoms with Crippen LogP contribution in [0.3, 0.4) is 0 Å². The topological polar surface area (TPSA) is 78.4 Å². The number of nitrogens with zero attached hydrogens (tertiary/aromatic N) is 2. The van der Waals surface area contributed by atoms with E-state index in [-0.39, 0.29) is 18.1 Å². The fourth-order valence-electron chi connectivity index (χ4n) is 1.02. The number of esters is 2. The molecule has 1 aromatic heterocycles. The van der Waals surface area contributed by atoms with Crippen molar-refractivity contribution in [1.29, 1.82) is 0 Å². The third-order valence-electron chi connectivity index (χ3n) is 1.85. The van der Waals surface area contributed by atoms with Crippen LogP contribution in [0.5, 0.6) is 0 Å². The van der Waals surface area contributed by atoms with Crippen molar-refractivity contribution in [2.24, 2.45) is 0 Å². The molecule has 0 radical (unpaired) electrons. The predicted octanol–water partition coefficient (Wildman–Crippen LogP) is 0.918. The summed E-state index contributed by atoms with van der Waals surface area (Å²) in [6, 6.07) is 0. The molecule has 0 bridgehead atoms. The van der Waals surface area contributed by atoms with E-state index < -0.39 is 5.97 Å². The van der Waals surface area contributed by atoms with Crippen LogP contribution in [0.1, 0.15) is 16.9 Å². The third kappa shape index (κ3) is 4.03. The van der Waals surface area contributed by atoms with Crippen molar-refractivity contribution in [2.45, 2.75) is 11.3 Å². The molecule has 1 rings (SSSR count). The summed E-state index contributed by atoms with van der Waals surface area (Å²) >= 11 is 1.31. The minimum absolute atomic E-state index is 0.206. The SMILES string of the molecule is COC(=O)CCSc1cncnc1C(=O)OC. The Balaban J connectivity index is 2.64. The number of aromatic nitrogens is 2. The molecule has 17 heavy (non-hydrogen) atoms. The number of carbonyl (C=O) groups excluding carboxylic acids is 2. The predicted molar refractivity (Wildman–Crippen MR) is 60.7 cm³/mol. The van der Waals surface area contributed by atoms with E-state index in [1.807, 2.05) is 0 Å². The molecular weight excluding hydrogens is 244 g/mol. The fourth-order valence-corrected chi connectivity index (χ4v) is 1.92. The molecular formula is C10H12N2O4S. The second-order valence-electron chi connectivity index (χ2n) is 2.90. The number of rotatable bonds is 5. The monoisotopic (exact) mass is 256 g/mol. The zero-order valence-electron chi connectivity index (χ0n) is 9.50. The molecule has 0 fully saturated rings. The fraction of sp³-hybridized carbons (Fsp3) is 0.400. The number of hydrogen-bond acceptors (Lipinski definition) is 7. The van der Waals surface area contributed by atoms with E-state index >= 15 is 0 Å². The van der Waals surface area contributed by atoms with Gasteiger partial charge in [-0.05, 0) is 0 Å². The Hall–Kier alpha value is -1.63. The van der Waals surface area contributed by atoms with Gasteiger partial charge in [-0.1, -0.05) is 0 Å². The summed E-state index contributed by atoms with van der Waals surface area (Å²) in [6.45, 7) is 0. The van der Waals surface area contributed by atoms with Crippen LogP contribution >= 0.6 is 11.8 Å². The quantitative estimate of drug-likeness (QED) is 0.572. The van der Waals surface area contributed by atoms with Crippen molar-refractivity contribution in [2.75, 3.05) is 20.0 Å². The smallest absolute Gasteiger partial charge is 0.357 e. The molecule has 0 aromatic carbocycles. The summed E-state index contributed by atoms with van der Waals surface area (Å²) in [6.07, 6.45) is 3.05. The van der Waals surface area contributed by atoms with E-state index in [1.54, 1.807) is 0 Å². The molecule has 0 saturated carbocycles. The van der Waals surface area contributed by atoms with Gasteiger partial charge in [-0.2, -0.15) is 0 Å². The van der Waals surface area contributed by atoms with Gasteiger partial charge >= 0.3 is 11.9 Å². The first-order valence-electron chi connectivity index (χ1n) is 4.77. The molecule has 1 heterocycles. The van der Waals surface area contributed by atoms with Gasteiger partial charge in [0.2, 0.25) is 0 Å². The first kappa shape index (κ1) is 13.4. The van der Waals surface area contributed by atoms with Crippen LogP contribution in [-0.4, -0.2) is 41.9 Å². The van der Waals surface area contributed by atoms with Crippen LogP contribution in [-0.2, 0) is 14.3 Å². The van der Waals surface area contributed by atoms with E-state index in [2.05, 4.69) is 19.4 Å². The molecule has 0 spiro atoms. The Morgan fingerprint density at radius 1 is 1.35 bits per heavy atom. The van der Waals surface area contributed by atoms with Gasteiger partial charge in [-0.25, -0.2) is 14.8 Å². The minimum Gasteiger partial charge on any atom is -0.469 e. The van der Waals surface area contributed by atoms with E-state index in [4.69, 9.17) is 0 Å². The van der Waals surface area contributed by atoms with Gasteiger partial charge in [-0.3, -0.25) is 4.79 Å². The summed E-state index contributed by atoms with van der Waals surface area (Å²) < 4.78 is 9.10. The first-order valence-corrected chi connectivity index (χ1v) is 5.75. The molecule has 6 nitrogen and oxygen atoms in total. The van der Waals surface area contributed by atoms with E-state index in [9.17, 15) is 9.59 Å². The second kappa shape index (κ2) is 6.85. The second-order valence-corrected chi connectivity index (χ2v) is 4.04. The minimum atomic E-state index is -0.520. The zero-order valence-corrected chi connectivity index (χ0v) is 10.3. The summed E-state index contributed by atoms with van der Waals surface area (Å²) in [7, 11) is 2.62. The highest BCUT2D eigenvalue weighted by Gasteiger charge is 2.14. The number of carbonyl (C=O) groups is 2. The standard InChI is InChI=1S/C10H12N2O4S/c1-15-8(13)3-4-17-7-5-11-6-12-9(7)10(14)16-2/h5-6H,3-4H2,1-2H3. The third-order valence-corrected chi connectivity index (χ3v) is 2.87. The highest BCUT2D eigenvalue weighted by atomic mass is 32.2. The normalized spacial score (nSPS) is 9.76. The van der Waals surface area contributed by atoms with Crippen LogP contribution in [0.25, 0.3) is 0 Å². The van der Waals surface area contributed by atoms with E-state index in [1.165, 1.54) is 38.5 Å². The van der Waals surface area contributed by atoms with Gasteiger partial charge in [-0.15, -0.1) is 11.8 Å². The van der Waals surface area contributed by atoms with Gasteiger partial charge in [0.1, 0.15) is 6.33 Å². The summed E-state index contributed by atoms with van der Waals surface area (Å²) in [4.78, 5) is 30.5. The molecule has 0 aliphatic carbocycles. The maximum absolute atomic E-state index is 11.4.